The average molecular weight is 618 g/mol. The van der Waals surface area contributed by atoms with Crippen molar-refractivity contribution in [3.05, 3.63) is 42.5 Å². The van der Waals surface area contributed by atoms with Gasteiger partial charge in [0.15, 0.2) is 0 Å². The molecule has 52 heavy (non-hydrogen) atoms. The monoisotopic (exact) mass is 620 g/mol. The Morgan fingerprint density at radius 1 is 0.288 bits per heavy atom. The lowest BCUT2D eigenvalue weighted by molar-refractivity contribution is 0.669. The van der Waals surface area contributed by atoms with Crippen LogP contribution in [0.4, 0.5) is 0 Å². The van der Waals surface area contributed by atoms with Crippen LogP contribution in [-0.4, -0.2) is 118 Å². The molecule has 30 radical (unpaired) electrons. The largest absolute Gasteiger partial charge is 0.456 e. The first-order valence-corrected chi connectivity index (χ1v) is 15.8. The number of furan rings is 1. The topological polar surface area (TPSA) is 13.1 Å². The fourth-order valence-corrected chi connectivity index (χ4v) is 7.56. The first kappa shape index (κ1) is 35.1. The van der Waals surface area contributed by atoms with E-state index in [4.69, 9.17) is 122 Å². The molecular weight excluding hydrogens is 611 g/mol. The minimum absolute atomic E-state index is 0.000556. The fourth-order valence-electron chi connectivity index (χ4n) is 7.56. The summed E-state index contributed by atoms with van der Waals surface area (Å²) in [5.41, 5.74) is 3.16. The maximum absolute atomic E-state index is 7.02. The molecule has 0 aliphatic rings. The standard InChI is InChI=1S/C36H7B15O/c37-22-19(27(42)28(43)21-20(22)29(44)35(50)36(51)30(21)45)14-17-15(23(38)31(46)33(48)25(17)40)13(16-18(14)26(41)34(49)32(47)24(16)39)8-5-6-12-10(7-8)9-3-1-2-4-11(9)52-12/h1-7H. The van der Waals surface area contributed by atoms with Gasteiger partial charge in [-0.3, -0.25) is 0 Å². The van der Waals surface area contributed by atoms with Gasteiger partial charge in [-0.05, 0) is 72.8 Å². The molecule has 0 N–H and O–H groups in total. The SMILES string of the molecule is [B]c1c([B])c([B])c2c([B])c(-c3c4c([B])c([B])c([B])c([B])c4c(-c4ccc5oc6ccccc6c5c4)c4c([B])c([B])c([B])c([B])c34)c([B])c([B])c2c1[B]. The maximum Gasteiger partial charge on any atom is 0.135 e. The quantitative estimate of drug-likeness (QED) is 0.139. The van der Waals surface area contributed by atoms with E-state index in [0.717, 1.165) is 10.8 Å². The van der Waals surface area contributed by atoms with E-state index in [1.807, 2.05) is 42.5 Å². The van der Waals surface area contributed by atoms with Gasteiger partial charge in [-0.25, -0.2) is 0 Å². The number of hydrogen-bond acceptors (Lipinski definition) is 1. The van der Waals surface area contributed by atoms with Gasteiger partial charge in [-0.2, -0.15) is 0 Å². The minimum Gasteiger partial charge on any atom is -0.456 e. The third kappa shape index (κ3) is 4.51. The van der Waals surface area contributed by atoms with Crippen LogP contribution in [0.25, 0.3) is 76.5 Å². The van der Waals surface area contributed by atoms with E-state index in [2.05, 4.69) is 0 Å². The maximum atomic E-state index is 7.02. The smallest absolute Gasteiger partial charge is 0.135 e. The summed E-state index contributed by atoms with van der Waals surface area (Å²) in [6.45, 7) is 0. The van der Waals surface area contributed by atoms with Gasteiger partial charge in [0.1, 0.15) is 129 Å². The molecule has 0 saturated carbocycles. The predicted octanol–water partition coefficient (Wildman–Crippen LogP) is -7.71. The van der Waals surface area contributed by atoms with E-state index in [1.165, 1.54) is 0 Å². The molecule has 1 heterocycles. The van der Waals surface area contributed by atoms with Gasteiger partial charge < -0.3 is 4.42 Å². The second-order valence-electron chi connectivity index (χ2n) is 12.9. The highest BCUT2D eigenvalue weighted by Crippen LogP contribution is 2.41. The molecule has 0 fully saturated rings. The predicted molar refractivity (Wildman–Crippen MR) is 238 cm³/mol. The summed E-state index contributed by atoms with van der Waals surface area (Å²) in [7, 11) is 100.0. The first-order chi connectivity index (χ1) is 24.6. The van der Waals surface area contributed by atoms with Crippen molar-refractivity contribution >= 4 is 254 Å². The lowest BCUT2D eigenvalue weighted by Crippen LogP contribution is -2.52. The van der Waals surface area contributed by atoms with Crippen LogP contribution in [0.5, 0.6) is 0 Å². The fraction of sp³-hybridized carbons (Fsp3) is 0. The normalized spacial score (nSPS) is 11.8. The van der Waals surface area contributed by atoms with Gasteiger partial charge in [0, 0.05) is 10.8 Å². The van der Waals surface area contributed by atoms with Crippen molar-refractivity contribution in [3.8, 4) is 22.3 Å². The van der Waals surface area contributed by atoms with Crippen molar-refractivity contribution < 1.29 is 4.42 Å². The van der Waals surface area contributed by atoms with Gasteiger partial charge in [-0.1, -0.05) is 73.4 Å². The van der Waals surface area contributed by atoms with Gasteiger partial charge in [0.2, 0.25) is 0 Å². The van der Waals surface area contributed by atoms with E-state index in [0.29, 0.717) is 33.1 Å². The van der Waals surface area contributed by atoms with Crippen LogP contribution in [0, 0.1) is 0 Å². The lowest BCUT2D eigenvalue weighted by atomic mass is 9.56. The molecule has 0 amide bonds. The van der Waals surface area contributed by atoms with Crippen molar-refractivity contribution in [3.63, 3.8) is 0 Å². The number of para-hydroxylation sites is 1. The summed E-state index contributed by atoms with van der Waals surface area (Å²) < 4.78 is 6.12. The Morgan fingerprint density at radius 2 is 0.673 bits per heavy atom. The van der Waals surface area contributed by atoms with Crippen molar-refractivity contribution in [2.75, 3.05) is 0 Å². The third-order valence-corrected chi connectivity index (χ3v) is 10.3. The van der Waals surface area contributed by atoms with E-state index < -0.39 is 0 Å². The molecule has 0 saturated heterocycles. The molecule has 0 spiro atoms. The van der Waals surface area contributed by atoms with Crippen LogP contribution in [0.1, 0.15) is 0 Å². The summed E-state index contributed by atoms with van der Waals surface area (Å²) in [5.74, 6) is 0. The molecule has 8 aromatic rings. The molecule has 0 aliphatic heterocycles. The second-order valence-corrected chi connectivity index (χ2v) is 12.9. The number of rotatable bonds is 2. The zero-order valence-electron chi connectivity index (χ0n) is 27.6. The van der Waals surface area contributed by atoms with Crippen LogP contribution in [0.2, 0.25) is 0 Å². The van der Waals surface area contributed by atoms with Gasteiger partial charge in [-0.15, -0.1) is 32.8 Å². The molecule has 0 aliphatic carbocycles. The average Bonchev–Trinajstić information content (AvgIpc) is 3.51. The number of fused-ring (bicyclic) bond motifs is 6. The van der Waals surface area contributed by atoms with Crippen molar-refractivity contribution in [1.82, 2.24) is 0 Å². The Balaban J connectivity index is 1.71. The molecule has 1 aromatic heterocycles. The van der Waals surface area contributed by atoms with E-state index in [1.54, 1.807) is 0 Å². The summed E-state index contributed by atoms with van der Waals surface area (Å²) in [6.07, 6.45) is 0. The molecule has 0 atom stereocenters. The highest BCUT2D eigenvalue weighted by atomic mass is 16.3. The molecule has 16 heteroatoms. The molecule has 0 bridgehead atoms. The van der Waals surface area contributed by atoms with Crippen LogP contribution in [0.15, 0.2) is 46.9 Å². The summed E-state index contributed by atoms with van der Waals surface area (Å²) in [5, 5.41) is 3.31. The van der Waals surface area contributed by atoms with Crippen LogP contribution >= 0.6 is 0 Å². The Bertz CT molecular complexity index is 2890. The highest BCUT2D eigenvalue weighted by molar-refractivity contribution is 6.75. The third-order valence-electron chi connectivity index (χ3n) is 10.3. The highest BCUT2D eigenvalue weighted by Gasteiger charge is 2.27. The molecule has 1 nitrogen and oxygen atoms in total. The van der Waals surface area contributed by atoms with Crippen LogP contribution < -0.4 is 81.9 Å². The minimum atomic E-state index is -0.0244. The summed E-state index contributed by atoms with van der Waals surface area (Å²) >= 11 is 0. The van der Waals surface area contributed by atoms with Gasteiger partial charge in [0.05, 0.1) is 0 Å². The van der Waals surface area contributed by atoms with Gasteiger partial charge in [0.25, 0.3) is 0 Å². The molecular formula is C36H7B15O. The Labute approximate surface area is 321 Å². The zero-order valence-corrected chi connectivity index (χ0v) is 27.6. The van der Waals surface area contributed by atoms with Crippen LogP contribution in [-0.2, 0) is 0 Å². The first-order valence-electron chi connectivity index (χ1n) is 15.8. The van der Waals surface area contributed by atoms with E-state index in [9.17, 15) is 0 Å². The summed E-state index contributed by atoms with van der Waals surface area (Å²) in [4.78, 5) is 0. The Morgan fingerprint density at radius 3 is 1.17 bits per heavy atom. The summed E-state index contributed by atoms with van der Waals surface area (Å²) in [6, 6.07) is 13.3. The van der Waals surface area contributed by atoms with E-state index in [-0.39, 0.29) is 115 Å². The second kappa shape index (κ2) is 12.1. The molecule has 8 rings (SSSR count). The van der Waals surface area contributed by atoms with Gasteiger partial charge >= 0.3 is 0 Å². The number of benzene rings is 7. The van der Waals surface area contributed by atoms with Crippen molar-refractivity contribution in [2.45, 2.75) is 0 Å². The van der Waals surface area contributed by atoms with Crippen molar-refractivity contribution in [1.29, 1.82) is 0 Å². The number of hydrogen-bond donors (Lipinski definition) is 0. The Hall–Kier alpha value is -3.91. The molecule has 202 valence electrons. The molecule has 0 unspecified atom stereocenters. The molecule has 7 aromatic carbocycles. The Kier molecular flexibility index (Phi) is 8.15. The zero-order chi connectivity index (χ0) is 37.4. The van der Waals surface area contributed by atoms with Crippen LogP contribution in [0.3, 0.4) is 0 Å². The van der Waals surface area contributed by atoms with Crippen molar-refractivity contribution in [2.24, 2.45) is 0 Å². The van der Waals surface area contributed by atoms with E-state index >= 15 is 0 Å². The lowest BCUT2D eigenvalue weighted by Gasteiger charge is -2.31.